The fourth-order valence-electron chi connectivity index (χ4n) is 2.34. The van der Waals surface area contributed by atoms with Crippen LogP contribution in [-0.2, 0) is 0 Å². The van der Waals surface area contributed by atoms with Gasteiger partial charge in [-0.2, -0.15) is 0 Å². The number of rotatable bonds is 0. The summed E-state index contributed by atoms with van der Waals surface area (Å²) in [5, 5.41) is 6.24. The number of carbonyl (C=O) groups is 1. The van der Waals surface area contributed by atoms with Crippen molar-refractivity contribution in [1.82, 2.24) is 10.6 Å². The van der Waals surface area contributed by atoms with E-state index in [2.05, 4.69) is 15.5 Å². The summed E-state index contributed by atoms with van der Waals surface area (Å²) in [6.07, 6.45) is 0.0670. The van der Waals surface area contributed by atoms with E-state index in [0.29, 0.717) is 11.3 Å². The van der Waals surface area contributed by atoms with Crippen molar-refractivity contribution in [1.29, 1.82) is 0 Å². The van der Waals surface area contributed by atoms with Crippen LogP contribution in [0.15, 0.2) is 18.2 Å². The normalized spacial score (nSPS) is 23.4. The minimum Gasteiger partial charge on any atom is -0.399 e. The highest BCUT2D eigenvalue weighted by atomic mass is 16.2. The molecule has 1 unspecified atom stereocenters. The van der Waals surface area contributed by atoms with Gasteiger partial charge in [0, 0.05) is 25.3 Å². The Morgan fingerprint density at radius 1 is 1.44 bits per heavy atom. The number of hydrogen-bond donors (Lipinski definition) is 3. The van der Waals surface area contributed by atoms with Crippen LogP contribution in [0, 0.1) is 0 Å². The maximum absolute atomic E-state index is 11.9. The Morgan fingerprint density at radius 3 is 3.19 bits per heavy atom. The molecule has 0 radical (unpaired) electrons. The second kappa shape index (κ2) is 3.38. The number of carbonyl (C=O) groups excluding carboxylic acids is 1. The van der Waals surface area contributed by atoms with Gasteiger partial charge in [0.25, 0.3) is 5.91 Å². The van der Waals surface area contributed by atoms with Crippen LogP contribution in [0.2, 0.25) is 0 Å². The van der Waals surface area contributed by atoms with Gasteiger partial charge in [-0.1, -0.05) is 0 Å². The molecule has 0 spiro atoms. The molecule has 2 aliphatic heterocycles. The average molecular weight is 218 g/mol. The molecule has 16 heavy (non-hydrogen) atoms. The summed E-state index contributed by atoms with van der Waals surface area (Å²) in [4.78, 5) is 14.1. The van der Waals surface area contributed by atoms with Crippen LogP contribution in [0.3, 0.4) is 0 Å². The predicted molar refractivity (Wildman–Crippen MR) is 62.3 cm³/mol. The number of benzene rings is 1. The highest BCUT2D eigenvalue weighted by Gasteiger charge is 2.32. The molecule has 4 N–H and O–H groups in total. The minimum absolute atomic E-state index is 0.0350. The lowest BCUT2D eigenvalue weighted by atomic mass is 10.1. The fraction of sp³-hybridized carbons (Fsp3) is 0.364. The zero-order valence-corrected chi connectivity index (χ0v) is 8.86. The smallest absolute Gasteiger partial charge is 0.255 e. The van der Waals surface area contributed by atoms with Gasteiger partial charge in [0.1, 0.15) is 6.17 Å². The maximum Gasteiger partial charge on any atom is 0.255 e. The zero-order valence-electron chi connectivity index (χ0n) is 8.86. The lowest BCUT2D eigenvalue weighted by molar-refractivity contribution is 0.0923. The Kier molecular flexibility index (Phi) is 2.00. The number of anilines is 2. The van der Waals surface area contributed by atoms with Crippen molar-refractivity contribution in [3.63, 3.8) is 0 Å². The van der Waals surface area contributed by atoms with E-state index in [-0.39, 0.29) is 12.1 Å². The first-order chi connectivity index (χ1) is 7.75. The third-order valence-electron chi connectivity index (χ3n) is 3.12. The first-order valence-electron chi connectivity index (χ1n) is 5.43. The molecular formula is C11H14N4O. The molecule has 1 atom stereocenters. The van der Waals surface area contributed by atoms with Crippen LogP contribution in [0.4, 0.5) is 11.4 Å². The van der Waals surface area contributed by atoms with Crippen LogP contribution in [0.25, 0.3) is 0 Å². The summed E-state index contributed by atoms with van der Waals surface area (Å²) in [6.45, 7) is 2.63. The molecule has 2 aliphatic rings. The van der Waals surface area contributed by atoms with Crippen LogP contribution in [-0.4, -0.2) is 31.7 Å². The summed E-state index contributed by atoms with van der Waals surface area (Å²) < 4.78 is 0. The van der Waals surface area contributed by atoms with Crippen molar-refractivity contribution in [2.45, 2.75) is 6.17 Å². The fourth-order valence-corrected chi connectivity index (χ4v) is 2.34. The number of amides is 1. The first-order valence-corrected chi connectivity index (χ1v) is 5.43. The summed E-state index contributed by atoms with van der Waals surface area (Å²) in [6, 6.07) is 5.52. The van der Waals surface area contributed by atoms with Gasteiger partial charge in [0.2, 0.25) is 0 Å². The second-order valence-electron chi connectivity index (χ2n) is 4.16. The van der Waals surface area contributed by atoms with Gasteiger partial charge in [0.05, 0.1) is 11.3 Å². The molecule has 2 heterocycles. The Labute approximate surface area is 93.6 Å². The second-order valence-corrected chi connectivity index (χ2v) is 4.16. The lowest BCUT2D eigenvalue weighted by Crippen LogP contribution is -2.62. The van der Waals surface area contributed by atoms with Gasteiger partial charge in [-0.05, 0) is 18.2 Å². The van der Waals surface area contributed by atoms with Crippen molar-refractivity contribution in [2.24, 2.45) is 0 Å². The van der Waals surface area contributed by atoms with Gasteiger partial charge in [-0.25, -0.2) is 0 Å². The highest BCUT2D eigenvalue weighted by Crippen LogP contribution is 2.28. The number of nitrogens with one attached hydrogen (secondary N) is 2. The number of hydrogen-bond acceptors (Lipinski definition) is 4. The number of nitrogens with zero attached hydrogens (tertiary/aromatic N) is 1. The van der Waals surface area contributed by atoms with E-state index in [1.54, 1.807) is 6.07 Å². The van der Waals surface area contributed by atoms with E-state index in [0.717, 1.165) is 25.3 Å². The molecule has 1 aromatic rings. The van der Waals surface area contributed by atoms with Gasteiger partial charge in [0.15, 0.2) is 0 Å². The zero-order chi connectivity index (χ0) is 11.1. The Bertz CT molecular complexity index is 446. The van der Waals surface area contributed by atoms with Crippen molar-refractivity contribution < 1.29 is 4.79 Å². The molecule has 84 valence electrons. The molecule has 1 amide bonds. The number of nitrogens with two attached hydrogens (primary N) is 1. The first kappa shape index (κ1) is 9.47. The van der Waals surface area contributed by atoms with Crippen molar-refractivity contribution in [2.75, 3.05) is 30.3 Å². The van der Waals surface area contributed by atoms with Crippen LogP contribution >= 0.6 is 0 Å². The van der Waals surface area contributed by atoms with E-state index < -0.39 is 0 Å². The minimum atomic E-state index is -0.0350. The Morgan fingerprint density at radius 2 is 2.31 bits per heavy atom. The molecular weight excluding hydrogens is 204 g/mol. The van der Waals surface area contributed by atoms with E-state index in [1.165, 1.54) is 0 Å². The van der Waals surface area contributed by atoms with E-state index in [1.807, 2.05) is 12.1 Å². The molecule has 5 heteroatoms. The van der Waals surface area contributed by atoms with Gasteiger partial charge in [-0.3, -0.25) is 4.79 Å². The summed E-state index contributed by atoms with van der Waals surface area (Å²) in [5.74, 6) is -0.0350. The monoisotopic (exact) mass is 218 g/mol. The van der Waals surface area contributed by atoms with Crippen molar-refractivity contribution in [3.8, 4) is 0 Å². The van der Waals surface area contributed by atoms with Gasteiger partial charge in [-0.15, -0.1) is 0 Å². The molecule has 0 saturated carbocycles. The number of nitrogen functional groups attached to an aromatic ring is 1. The van der Waals surface area contributed by atoms with Crippen LogP contribution < -0.4 is 21.3 Å². The van der Waals surface area contributed by atoms with Gasteiger partial charge < -0.3 is 21.3 Å². The van der Waals surface area contributed by atoms with E-state index in [9.17, 15) is 4.79 Å². The lowest BCUT2D eigenvalue weighted by Gasteiger charge is -2.42. The Hall–Kier alpha value is -1.75. The molecule has 0 bridgehead atoms. The standard InChI is InChI=1S/C11H14N4O/c12-7-1-2-9-8(5-7)11(16)14-10-6-13-3-4-15(9)10/h1-2,5,10,13H,3-4,6,12H2,(H,14,16). The van der Waals surface area contributed by atoms with Crippen LogP contribution in [0.5, 0.6) is 0 Å². The summed E-state index contributed by atoms with van der Waals surface area (Å²) in [5.41, 5.74) is 8.00. The molecule has 1 fully saturated rings. The third-order valence-corrected chi connectivity index (χ3v) is 3.12. The predicted octanol–water partition coefficient (Wildman–Crippen LogP) is -0.252. The molecule has 1 aromatic carbocycles. The van der Waals surface area contributed by atoms with E-state index in [4.69, 9.17) is 5.73 Å². The third kappa shape index (κ3) is 1.32. The summed E-state index contributed by atoms with van der Waals surface area (Å²) in [7, 11) is 0. The topological polar surface area (TPSA) is 70.4 Å². The molecule has 5 nitrogen and oxygen atoms in total. The van der Waals surface area contributed by atoms with Crippen molar-refractivity contribution in [3.05, 3.63) is 23.8 Å². The quantitative estimate of drug-likeness (QED) is 0.525. The Balaban J connectivity index is 2.08. The molecule has 0 aliphatic carbocycles. The summed E-state index contributed by atoms with van der Waals surface area (Å²) >= 11 is 0. The molecule has 0 aromatic heterocycles. The maximum atomic E-state index is 11.9. The SMILES string of the molecule is Nc1ccc2c(c1)C(=O)NC1CNCCN21. The average Bonchev–Trinajstić information content (AvgIpc) is 2.29. The number of fused-ring (bicyclic) bond motifs is 3. The highest BCUT2D eigenvalue weighted by molar-refractivity contribution is 6.02. The molecule has 3 rings (SSSR count). The van der Waals surface area contributed by atoms with Crippen LogP contribution in [0.1, 0.15) is 10.4 Å². The van der Waals surface area contributed by atoms with Crippen molar-refractivity contribution >= 4 is 17.3 Å². The van der Waals surface area contributed by atoms with Gasteiger partial charge >= 0.3 is 0 Å². The largest absolute Gasteiger partial charge is 0.399 e. The van der Waals surface area contributed by atoms with E-state index >= 15 is 0 Å². The molecule has 1 saturated heterocycles. The number of piperazine rings is 1.